The molecular formula is C9H12O2S. The highest BCUT2D eigenvalue weighted by Crippen LogP contribution is 2.21. The van der Waals surface area contributed by atoms with Crippen molar-refractivity contribution in [2.75, 3.05) is 6.61 Å². The van der Waals surface area contributed by atoms with E-state index in [1.807, 2.05) is 26.8 Å². The molecule has 0 aliphatic heterocycles. The summed E-state index contributed by atoms with van der Waals surface area (Å²) in [5, 5.41) is 0. The molecule has 2 nitrogen and oxygen atoms in total. The third-order valence-corrected chi connectivity index (χ3v) is 2.63. The maximum absolute atomic E-state index is 11.3. The van der Waals surface area contributed by atoms with Crippen LogP contribution in [-0.2, 0) is 4.74 Å². The third kappa shape index (κ3) is 1.85. The lowest BCUT2D eigenvalue weighted by molar-refractivity contribution is 0.0531. The van der Waals surface area contributed by atoms with Gasteiger partial charge in [-0.15, -0.1) is 11.3 Å². The van der Waals surface area contributed by atoms with E-state index in [0.29, 0.717) is 6.61 Å². The van der Waals surface area contributed by atoms with Crippen molar-refractivity contribution in [3.05, 3.63) is 21.4 Å². The van der Waals surface area contributed by atoms with Crippen molar-refractivity contribution >= 4 is 17.3 Å². The predicted molar refractivity (Wildman–Crippen MR) is 49.7 cm³/mol. The lowest BCUT2D eigenvalue weighted by atomic mass is 10.3. The largest absolute Gasteiger partial charge is 0.462 e. The number of aryl methyl sites for hydroxylation is 2. The molecule has 0 saturated carbocycles. The van der Waals surface area contributed by atoms with Gasteiger partial charge in [0.25, 0.3) is 0 Å². The summed E-state index contributed by atoms with van der Waals surface area (Å²) in [7, 11) is 0. The van der Waals surface area contributed by atoms with Gasteiger partial charge in [0.05, 0.1) is 6.61 Å². The minimum atomic E-state index is -0.201. The van der Waals surface area contributed by atoms with Gasteiger partial charge in [0.2, 0.25) is 0 Å². The molecule has 0 N–H and O–H groups in total. The molecule has 0 aliphatic carbocycles. The van der Waals surface area contributed by atoms with E-state index < -0.39 is 0 Å². The number of hydrogen-bond donors (Lipinski definition) is 0. The second-order valence-corrected chi connectivity index (χ2v) is 3.85. The van der Waals surface area contributed by atoms with E-state index in [1.165, 1.54) is 11.3 Å². The topological polar surface area (TPSA) is 26.3 Å². The molecule has 0 radical (unpaired) electrons. The number of rotatable bonds is 2. The highest BCUT2D eigenvalue weighted by molar-refractivity contribution is 7.14. The van der Waals surface area contributed by atoms with Crippen LogP contribution in [0.3, 0.4) is 0 Å². The molecular weight excluding hydrogens is 172 g/mol. The fourth-order valence-electron chi connectivity index (χ4n) is 1.04. The molecule has 0 aromatic carbocycles. The first-order chi connectivity index (χ1) is 5.65. The van der Waals surface area contributed by atoms with Gasteiger partial charge in [0.15, 0.2) is 0 Å². The standard InChI is InChI=1S/C9H12O2S/c1-4-11-9(10)8-6(2)5-7(3)12-8/h5H,4H2,1-3H3. The monoisotopic (exact) mass is 184 g/mol. The Kier molecular flexibility index (Phi) is 2.87. The van der Waals surface area contributed by atoms with E-state index in [2.05, 4.69) is 0 Å². The van der Waals surface area contributed by atoms with Crippen molar-refractivity contribution in [3.63, 3.8) is 0 Å². The van der Waals surface area contributed by atoms with Crippen LogP contribution in [0.4, 0.5) is 0 Å². The van der Waals surface area contributed by atoms with Crippen LogP contribution in [0, 0.1) is 13.8 Å². The number of hydrogen-bond acceptors (Lipinski definition) is 3. The van der Waals surface area contributed by atoms with Gasteiger partial charge < -0.3 is 4.74 Å². The van der Waals surface area contributed by atoms with Crippen molar-refractivity contribution in [1.82, 2.24) is 0 Å². The van der Waals surface area contributed by atoms with Crippen LogP contribution in [0.15, 0.2) is 6.07 Å². The number of thiophene rings is 1. The van der Waals surface area contributed by atoms with E-state index in [4.69, 9.17) is 4.74 Å². The summed E-state index contributed by atoms with van der Waals surface area (Å²) in [4.78, 5) is 13.1. The predicted octanol–water partition coefficient (Wildman–Crippen LogP) is 2.54. The zero-order chi connectivity index (χ0) is 9.14. The minimum absolute atomic E-state index is 0.201. The zero-order valence-electron chi connectivity index (χ0n) is 7.51. The lowest BCUT2D eigenvalue weighted by Crippen LogP contribution is -2.03. The van der Waals surface area contributed by atoms with Crippen LogP contribution in [0.2, 0.25) is 0 Å². The molecule has 1 aromatic heterocycles. The fourth-order valence-corrected chi connectivity index (χ4v) is 1.96. The average Bonchev–Trinajstić information content (AvgIpc) is 2.30. The van der Waals surface area contributed by atoms with Gasteiger partial charge in [-0.05, 0) is 32.4 Å². The summed E-state index contributed by atoms with van der Waals surface area (Å²) in [5.74, 6) is -0.201. The second kappa shape index (κ2) is 3.72. The van der Waals surface area contributed by atoms with Crippen LogP contribution in [0.25, 0.3) is 0 Å². The van der Waals surface area contributed by atoms with Gasteiger partial charge >= 0.3 is 5.97 Å². The van der Waals surface area contributed by atoms with Gasteiger partial charge in [-0.1, -0.05) is 0 Å². The van der Waals surface area contributed by atoms with Crippen LogP contribution < -0.4 is 0 Å². The van der Waals surface area contributed by atoms with Gasteiger partial charge in [-0.25, -0.2) is 4.79 Å². The number of esters is 1. The van der Waals surface area contributed by atoms with Gasteiger partial charge in [0.1, 0.15) is 4.88 Å². The molecule has 0 unspecified atom stereocenters. The highest BCUT2D eigenvalue weighted by atomic mass is 32.1. The normalized spacial score (nSPS) is 9.92. The van der Waals surface area contributed by atoms with Crippen molar-refractivity contribution in [2.45, 2.75) is 20.8 Å². The molecule has 12 heavy (non-hydrogen) atoms. The number of carbonyl (C=O) groups excluding carboxylic acids is 1. The van der Waals surface area contributed by atoms with E-state index in [-0.39, 0.29) is 5.97 Å². The quantitative estimate of drug-likeness (QED) is 0.660. The minimum Gasteiger partial charge on any atom is -0.462 e. The fraction of sp³-hybridized carbons (Fsp3) is 0.444. The highest BCUT2D eigenvalue weighted by Gasteiger charge is 2.12. The van der Waals surface area contributed by atoms with E-state index in [1.54, 1.807) is 0 Å². The molecule has 0 fully saturated rings. The Balaban J connectivity index is 2.87. The van der Waals surface area contributed by atoms with Crippen molar-refractivity contribution in [2.24, 2.45) is 0 Å². The smallest absolute Gasteiger partial charge is 0.348 e. The maximum Gasteiger partial charge on any atom is 0.348 e. The maximum atomic E-state index is 11.3. The summed E-state index contributed by atoms with van der Waals surface area (Å²) in [6, 6.07) is 2.00. The molecule has 1 rings (SSSR count). The Hall–Kier alpha value is -0.830. The Morgan fingerprint density at radius 3 is 2.67 bits per heavy atom. The van der Waals surface area contributed by atoms with Gasteiger partial charge in [0, 0.05) is 4.88 Å². The third-order valence-electron chi connectivity index (χ3n) is 1.50. The zero-order valence-corrected chi connectivity index (χ0v) is 8.33. The van der Waals surface area contributed by atoms with Crippen LogP contribution in [0.5, 0.6) is 0 Å². The van der Waals surface area contributed by atoms with Gasteiger partial charge in [-0.3, -0.25) is 0 Å². The molecule has 0 amide bonds. The second-order valence-electron chi connectivity index (χ2n) is 2.59. The summed E-state index contributed by atoms with van der Waals surface area (Å²) in [5.41, 5.74) is 1.01. The molecule has 3 heteroatoms. The van der Waals surface area contributed by atoms with E-state index >= 15 is 0 Å². The van der Waals surface area contributed by atoms with Crippen LogP contribution in [-0.4, -0.2) is 12.6 Å². The lowest BCUT2D eigenvalue weighted by Gasteiger charge is -1.98. The molecule has 0 spiro atoms. The summed E-state index contributed by atoms with van der Waals surface area (Å²) < 4.78 is 4.89. The molecule has 66 valence electrons. The average molecular weight is 184 g/mol. The molecule has 0 aliphatic rings. The Labute approximate surface area is 76.2 Å². The first kappa shape index (κ1) is 9.26. The van der Waals surface area contributed by atoms with E-state index in [9.17, 15) is 4.79 Å². The first-order valence-corrected chi connectivity index (χ1v) is 4.71. The Morgan fingerprint density at radius 1 is 1.58 bits per heavy atom. The number of carbonyl (C=O) groups is 1. The molecule has 0 saturated heterocycles. The number of ether oxygens (including phenoxy) is 1. The summed E-state index contributed by atoms with van der Waals surface area (Å²) in [6.45, 7) is 6.17. The van der Waals surface area contributed by atoms with Crippen molar-refractivity contribution in [1.29, 1.82) is 0 Å². The molecule has 0 bridgehead atoms. The molecule has 1 aromatic rings. The van der Waals surface area contributed by atoms with Crippen LogP contribution in [0.1, 0.15) is 27.0 Å². The summed E-state index contributed by atoms with van der Waals surface area (Å²) in [6.07, 6.45) is 0. The first-order valence-electron chi connectivity index (χ1n) is 3.89. The SMILES string of the molecule is CCOC(=O)c1sc(C)cc1C. The van der Waals surface area contributed by atoms with Gasteiger partial charge in [-0.2, -0.15) is 0 Å². The molecule has 0 atom stereocenters. The van der Waals surface area contributed by atoms with Crippen molar-refractivity contribution in [3.8, 4) is 0 Å². The Bertz CT molecular complexity index is 289. The molecule has 1 heterocycles. The van der Waals surface area contributed by atoms with Crippen LogP contribution >= 0.6 is 11.3 Å². The Morgan fingerprint density at radius 2 is 2.25 bits per heavy atom. The van der Waals surface area contributed by atoms with Crippen molar-refractivity contribution < 1.29 is 9.53 Å². The van der Waals surface area contributed by atoms with E-state index in [0.717, 1.165) is 15.3 Å². The summed E-state index contributed by atoms with van der Waals surface area (Å²) >= 11 is 1.49.